The van der Waals surface area contributed by atoms with E-state index in [-0.39, 0.29) is 0 Å². The van der Waals surface area contributed by atoms with Crippen molar-refractivity contribution in [3.8, 4) is 0 Å². The Balaban J connectivity index is 2.78. The molecule has 1 heterocycles. The molecule has 4 atom stereocenters. The summed E-state index contributed by atoms with van der Waals surface area (Å²) in [5, 5.41) is 47.0. The highest BCUT2D eigenvalue weighted by molar-refractivity contribution is 5.81. The van der Waals surface area contributed by atoms with Gasteiger partial charge in [-0.15, -0.1) is 0 Å². The molecule has 1 fully saturated rings. The smallest absolute Gasteiger partial charge is 0.257 e. The first kappa shape index (κ1) is 10.2. The average Bonchev–Trinajstić information content (AvgIpc) is 2.15. The molecule has 0 spiro atoms. The molecule has 0 aliphatic carbocycles. The van der Waals surface area contributed by atoms with Gasteiger partial charge in [0.1, 0.15) is 12.2 Å². The fourth-order valence-electron chi connectivity index (χ4n) is 1.08. The fourth-order valence-corrected chi connectivity index (χ4v) is 1.08. The van der Waals surface area contributed by atoms with Crippen molar-refractivity contribution in [2.45, 2.75) is 24.4 Å². The lowest BCUT2D eigenvalue weighted by atomic mass is 10.00. The van der Waals surface area contributed by atoms with Crippen molar-refractivity contribution in [3.05, 3.63) is 0 Å². The van der Waals surface area contributed by atoms with Crippen LogP contribution in [0.1, 0.15) is 0 Å². The zero-order valence-electron chi connectivity index (χ0n) is 6.61. The van der Waals surface area contributed by atoms with Crippen molar-refractivity contribution in [3.63, 3.8) is 0 Å². The summed E-state index contributed by atoms with van der Waals surface area (Å²) in [6, 6.07) is 0. The highest BCUT2D eigenvalue weighted by Gasteiger charge is 2.42. The molecule has 7 nitrogen and oxygen atoms in total. The maximum absolute atomic E-state index is 9.19. The molecule has 0 saturated carbocycles. The molecule has 1 rings (SSSR count). The molecule has 13 heavy (non-hydrogen) atoms. The first-order valence-corrected chi connectivity index (χ1v) is 3.65. The normalized spacial score (nSPS) is 43.2. The third kappa shape index (κ3) is 1.73. The number of nitrogens with zero attached hydrogens (tertiary/aromatic N) is 1. The summed E-state index contributed by atoms with van der Waals surface area (Å²) in [6.07, 6.45) is -5.62. The molecule has 0 aromatic heterocycles. The summed E-state index contributed by atoms with van der Waals surface area (Å²) in [5.74, 6) is -0.517. The van der Waals surface area contributed by atoms with E-state index in [0.29, 0.717) is 0 Å². The van der Waals surface area contributed by atoms with Crippen molar-refractivity contribution in [1.82, 2.24) is 0 Å². The van der Waals surface area contributed by atoms with Gasteiger partial charge >= 0.3 is 0 Å². The Morgan fingerprint density at radius 1 is 1.23 bits per heavy atom. The quantitative estimate of drug-likeness (QED) is 0.227. The second-order valence-electron chi connectivity index (χ2n) is 2.70. The molecule has 0 aromatic rings. The largest absolute Gasteiger partial charge is 0.468 e. The zero-order valence-corrected chi connectivity index (χ0v) is 6.61. The van der Waals surface area contributed by atoms with E-state index in [1.165, 1.54) is 0 Å². The summed E-state index contributed by atoms with van der Waals surface area (Å²) in [5.41, 5.74) is 0. The lowest BCUT2D eigenvalue weighted by molar-refractivity contribution is -0.130. The SMILES string of the molecule is OC[C@H]1O/C(=N\O)[C@@H](O)[C@@H](O)[C@@H]1O. The van der Waals surface area contributed by atoms with E-state index in [2.05, 4.69) is 9.89 Å². The van der Waals surface area contributed by atoms with Crippen LogP contribution in [0.4, 0.5) is 0 Å². The minimum Gasteiger partial charge on any atom is -0.468 e. The summed E-state index contributed by atoms with van der Waals surface area (Å²) >= 11 is 0. The number of aliphatic hydroxyl groups excluding tert-OH is 4. The molecule has 1 aliphatic rings. The van der Waals surface area contributed by atoms with Crippen molar-refractivity contribution in [2.75, 3.05) is 6.61 Å². The molecule has 76 valence electrons. The van der Waals surface area contributed by atoms with Crippen LogP contribution in [0.5, 0.6) is 0 Å². The summed E-state index contributed by atoms with van der Waals surface area (Å²) in [6.45, 7) is -0.552. The molecular formula is C6H11NO6. The van der Waals surface area contributed by atoms with Gasteiger partial charge in [0.2, 0.25) is 0 Å². The van der Waals surface area contributed by atoms with Crippen molar-refractivity contribution >= 4 is 5.90 Å². The third-order valence-electron chi connectivity index (χ3n) is 1.86. The summed E-state index contributed by atoms with van der Waals surface area (Å²) in [7, 11) is 0. The summed E-state index contributed by atoms with van der Waals surface area (Å²) < 4.78 is 4.67. The van der Waals surface area contributed by atoms with Crippen LogP contribution in [-0.2, 0) is 4.74 Å². The molecule has 0 bridgehead atoms. The monoisotopic (exact) mass is 193 g/mol. The predicted molar refractivity (Wildman–Crippen MR) is 39.2 cm³/mol. The van der Waals surface area contributed by atoms with Crippen LogP contribution in [0, 0.1) is 0 Å². The fraction of sp³-hybridized carbons (Fsp3) is 0.833. The molecule has 0 radical (unpaired) electrons. The van der Waals surface area contributed by atoms with Crippen LogP contribution in [-0.4, -0.2) is 62.6 Å². The van der Waals surface area contributed by atoms with Gasteiger partial charge < -0.3 is 30.4 Å². The number of oxime groups is 1. The molecule has 0 aromatic carbocycles. The number of ether oxygens (including phenoxy) is 1. The van der Waals surface area contributed by atoms with Gasteiger partial charge in [-0.1, -0.05) is 5.16 Å². The van der Waals surface area contributed by atoms with Gasteiger partial charge in [0.25, 0.3) is 5.90 Å². The lowest BCUT2D eigenvalue weighted by Crippen LogP contribution is -2.56. The minimum atomic E-state index is -1.58. The second kappa shape index (κ2) is 3.88. The maximum atomic E-state index is 9.19. The van der Waals surface area contributed by atoms with Gasteiger partial charge in [0, 0.05) is 0 Å². The number of hydrogen-bond donors (Lipinski definition) is 5. The van der Waals surface area contributed by atoms with Crippen molar-refractivity contribution in [1.29, 1.82) is 0 Å². The van der Waals surface area contributed by atoms with Gasteiger partial charge in [-0.05, 0) is 0 Å². The molecular weight excluding hydrogens is 182 g/mol. The van der Waals surface area contributed by atoms with Crippen LogP contribution < -0.4 is 0 Å². The molecule has 1 saturated heterocycles. The van der Waals surface area contributed by atoms with Gasteiger partial charge in [-0.3, -0.25) is 0 Å². The zero-order chi connectivity index (χ0) is 10.0. The van der Waals surface area contributed by atoms with E-state index in [0.717, 1.165) is 0 Å². The standard InChI is InChI=1S/C6H11NO6/c8-1-2-3(9)4(10)5(11)6(7-12)13-2/h2-5,8-12H,1H2/b7-6-/t2-,3-,4+,5+/m1/s1. The predicted octanol–water partition coefficient (Wildman–Crippen LogP) is -2.75. The van der Waals surface area contributed by atoms with Crippen molar-refractivity contribution in [2.24, 2.45) is 5.16 Å². The minimum absolute atomic E-state index is 0.517. The first-order chi connectivity index (χ1) is 6.11. The van der Waals surface area contributed by atoms with E-state index >= 15 is 0 Å². The Labute approximate surface area is 73.5 Å². The van der Waals surface area contributed by atoms with E-state index in [1.54, 1.807) is 0 Å². The van der Waals surface area contributed by atoms with E-state index in [1.807, 2.05) is 0 Å². The first-order valence-electron chi connectivity index (χ1n) is 3.65. The molecule has 1 aliphatic heterocycles. The van der Waals surface area contributed by atoms with E-state index in [4.69, 9.17) is 20.5 Å². The van der Waals surface area contributed by atoms with Gasteiger partial charge in [-0.25, -0.2) is 0 Å². The average molecular weight is 193 g/mol. The van der Waals surface area contributed by atoms with Gasteiger partial charge in [-0.2, -0.15) is 0 Å². The van der Waals surface area contributed by atoms with Gasteiger partial charge in [0.15, 0.2) is 12.2 Å². The molecule has 7 heteroatoms. The number of rotatable bonds is 1. The highest BCUT2D eigenvalue weighted by Crippen LogP contribution is 2.17. The Bertz CT molecular complexity index is 205. The van der Waals surface area contributed by atoms with Crippen molar-refractivity contribution < 1.29 is 30.4 Å². The van der Waals surface area contributed by atoms with Crippen LogP contribution >= 0.6 is 0 Å². The lowest BCUT2D eigenvalue weighted by Gasteiger charge is -2.34. The van der Waals surface area contributed by atoms with E-state index in [9.17, 15) is 5.11 Å². The topological polar surface area (TPSA) is 123 Å². The van der Waals surface area contributed by atoms with Gasteiger partial charge in [0.05, 0.1) is 6.61 Å². The number of hydrogen-bond acceptors (Lipinski definition) is 7. The van der Waals surface area contributed by atoms with Crippen LogP contribution in [0.15, 0.2) is 5.16 Å². The second-order valence-corrected chi connectivity index (χ2v) is 2.70. The molecule has 0 unspecified atom stereocenters. The van der Waals surface area contributed by atoms with Crippen LogP contribution in [0.3, 0.4) is 0 Å². The Kier molecular flexibility index (Phi) is 3.04. The third-order valence-corrected chi connectivity index (χ3v) is 1.86. The van der Waals surface area contributed by atoms with Crippen LogP contribution in [0.25, 0.3) is 0 Å². The molecule has 0 amide bonds. The molecule has 5 N–H and O–H groups in total. The maximum Gasteiger partial charge on any atom is 0.257 e. The Hall–Kier alpha value is -0.890. The highest BCUT2D eigenvalue weighted by atomic mass is 16.6. The Morgan fingerprint density at radius 2 is 1.85 bits per heavy atom. The Morgan fingerprint density at radius 3 is 2.31 bits per heavy atom. The summed E-state index contributed by atoms with van der Waals surface area (Å²) in [4.78, 5) is 0. The number of aliphatic hydroxyl groups is 4. The van der Waals surface area contributed by atoms with Crippen LogP contribution in [0.2, 0.25) is 0 Å². The van der Waals surface area contributed by atoms with E-state index < -0.39 is 36.9 Å².